The van der Waals surface area contributed by atoms with Gasteiger partial charge in [0.1, 0.15) is 11.5 Å². The molecule has 40 heavy (non-hydrogen) atoms. The van der Waals surface area contributed by atoms with Crippen LogP contribution in [0.25, 0.3) is 12.2 Å². The van der Waals surface area contributed by atoms with Crippen molar-refractivity contribution in [2.75, 3.05) is 0 Å². The number of hydrogen-bond donors (Lipinski definition) is 0. The molecule has 0 aromatic carbocycles. The summed E-state index contributed by atoms with van der Waals surface area (Å²) >= 11 is 0. The molecule has 4 aliphatic rings. The lowest BCUT2D eigenvalue weighted by molar-refractivity contribution is -0.123. The molecule has 6 rings (SSSR count). The number of fused-ring (bicyclic) bond motifs is 5. The van der Waals surface area contributed by atoms with Crippen molar-refractivity contribution in [3.63, 3.8) is 0 Å². The van der Waals surface area contributed by atoms with Crippen LogP contribution in [0.4, 0.5) is 0 Å². The Kier molecular flexibility index (Phi) is 7.55. The zero-order valence-corrected chi connectivity index (χ0v) is 25.5. The number of carbonyl (C=O) groups is 1. The lowest BCUT2D eigenvalue weighted by Gasteiger charge is -2.61. The summed E-state index contributed by atoms with van der Waals surface area (Å²) in [4.78, 5) is 14.0. The van der Waals surface area contributed by atoms with Gasteiger partial charge in [0.05, 0.1) is 12.5 Å². The summed E-state index contributed by atoms with van der Waals surface area (Å²) in [5.74, 6) is 6.80. The minimum absolute atomic E-state index is 0.0793. The van der Waals surface area contributed by atoms with Crippen LogP contribution in [0.2, 0.25) is 0 Å². The van der Waals surface area contributed by atoms with Crippen LogP contribution in [0.15, 0.2) is 56.8 Å². The first-order valence-corrected chi connectivity index (χ1v) is 16.2. The molecule has 2 heterocycles. The van der Waals surface area contributed by atoms with Crippen LogP contribution in [0.5, 0.6) is 0 Å². The van der Waals surface area contributed by atoms with E-state index >= 15 is 0 Å². The van der Waals surface area contributed by atoms with Crippen LogP contribution in [0.1, 0.15) is 110 Å². The van der Waals surface area contributed by atoms with Gasteiger partial charge in [0.2, 0.25) is 0 Å². The van der Waals surface area contributed by atoms with Crippen molar-refractivity contribution >= 4 is 17.9 Å². The number of carbonyl (C=O) groups excluding carboxylic acids is 1. The third-order valence-electron chi connectivity index (χ3n) is 12.3. The van der Waals surface area contributed by atoms with Gasteiger partial charge in [-0.3, -0.25) is 4.79 Å². The molecule has 3 heteroatoms. The van der Waals surface area contributed by atoms with Crippen LogP contribution in [-0.2, 0) is 4.79 Å². The standard InChI is InChI=1S/C37H50O3/c1-24(2)9-6-10-25(3)31-15-16-32-29-13-14-33-30(22-28-12-8-20-40-28)35(38)26(21-27-11-7-19-39-27)23-37(33,5)34(29)17-18-36(31,32)4/h7-8,11-12,19-22,24-25,29,31-34H,6,9-10,13-18,23H2,1-5H3/b26-21-,30-22-/t25-,29+,31+,32-,33+,34-,36-,37+/m1/s1. The van der Waals surface area contributed by atoms with E-state index in [4.69, 9.17) is 8.83 Å². The van der Waals surface area contributed by atoms with Gasteiger partial charge >= 0.3 is 0 Å². The Morgan fingerprint density at radius 1 is 0.875 bits per heavy atom. The lowest BCUT2D eigenvalue weighted by Crippen LogP contribution is -2.54. The molecule has 2 aromatic heterocycles. The molecule has 0 aliphatic heterocycles. The maximum absolute atomic E-state index is 14.0. The molecule has 0 spiro atoms. The van der Waals surface area contributed by atoms with Gasteiger partial charge in [-0.1, -0.05) is 53.9 Å². The van der Waals surface area contributed by atoms with E-state index in [0.29, 0.717) is 11.3 Å². The van der Waals surface area contributed by atoms with Crippen molar-refractivity contribution in [2.45, 2.75) is 98.8 Å². The van der Waals surface area contributed by atoms with E-state index in [1.165, 1.54) is 51.4 Å². The van der Waals surface area contributed by atoms with Crippen molar-refractivity contribution in [1.82, 2.24) is 0 Å². The first kappa shape index (κ1) is 27.9. The van der Waals surface area contributed by atoms with E-state index in [1.54, 1.807) is 12.5 Å². The molecule has 0 bridgehead atoms. The Morgan fingerprint density at radius 3 is 2.25 bits per heavy atom. The average Bonchev–Trinajstić information content (AvgIpc) is 3.67. The highest BCUT2D eigenvalue weighted by Gasteiger charge is 2.61. The van der Waals surface area contributed by atoms with Crippen LogP contribution in [0.3, 0.4) is 0 Å². The van der Waals surface area contributed by atoms with E-state index in [2.05, 4.69) is 40.7 Å². The fourth-order valence-corrected chi connectivity index (χ4v) is 10.4. The Morgan fingerprint density at radius 2 is 1.57 bits per heavy atom. The van der Waals surface area contributed by atoms with Crippen molar-refractivity contribution in [2.24, 2.45) is 52.3 Å². The molecule has 8 atom stereocenters. The summed E-state index contributed by atoms with van der Waals surface area (Å²) < 4.78 is 11.4. The minimum atomic E-state index is 0.0793. The molecular weight excluding hydrogens is 492 g/mol. The molecular formula is C37H50O3. The molecule has 4 saturated carbocycles. The number of furan rings is 2. The summed E-state index contributed by atoms with van der Waals surface area (Å²) in [7, 11) is 0. The second-order valence-corrected chi connectivity index (χ2v) is 14.8. The number of Topliss-reactive ketones (excluding diaryl/α,β-unsaturated/α-hetero) is 1. The largest absolute Gasteiger partial charge is 0.465 e. The predicted molar refractivity (Wildman–Crippen MR) is 162 cm³/mol. The highest BCUT2D eigenvalue weighted by atomic mass is 16.3. The van der Waals surface area contributed by atoms with E-state index in [0.717, 1.165) is 65.1 Å². The van der Waals surface area contributed by atoms with Gasteiger partial charge in [0.15, 0.2) is 5.78 Å². The number of allylic oxidation sites excluding steroid dienone is 2. The second kappa shape index (κ2) is 10.8. The monoisotopic (exact) mass is 542 g/mol. The van der Waals surface area contributed by atoms with Crippen molar-refractivity contribution in [3.8, 4) is 0 Å². The Labute approximate surface area is 241 Å². The molecule has 0 unspecified atom stereocenters. The van der Waals surface area contributed by atoms with Crippen LogP contribution in [-0.4, -0.2) is 5.78 Å². The maximum atomic E-state index is 14.0. The van der Waals surface area contributed by atoms with Gasteiger partial charge in [-0.05, 0) is 134 Å². The summed E-state index contributed by atoms with van der Waals surface area (Å²) in [5.41, 5.74) is 2.42. The summed E-state index contributed by atoms with van der Waals surface area (Å²) in [5, 5.41) is 0. The van der Waals surface area contributed by atoms with Crippen LogP contribution in [0, 0.1) is 52.3 Å². The number of ketones is 1. The quantitative estimate of drug-likeness (QED) is 0.327. The summed E-state index contributed by atoms with van der Waals surface area (Å²) in [6, 6.07) is 7.75. The molecule has 0 radical (unpaired) electrons. The number of rotatable bonds is 7. The van der Waals surface area contributed by atoms with E-state index < -0.39 is 0 Å². The summed E-state index contributed by atoms with van der Waals surface area (Å²) in [6.07, 6.45) is 20.3. The van der Waals surface area contributed by atoms with Gasteiger partial charge in [0, 0.05) is 11.1 Å². The van der Waals surface area contributed by atoms with Crippen molar-refractivity contribution in [1.29, 1.82) is 0 Å². The zero-order valence-electron chi connectivity index (χ0n) is 25.5. The smallest absolute Gasteiger partial charge is 0.185 e. The molecule has 0 amide bonds. The summed E-state index contributed by atoms with van der Waals surface area (Å²) in [6.45, 7) is 12.5. The molecule has 0 N–H and O–H groups in total. The molecule has 216 valence electrons. The van der Waals surface area contributed by atoms with Gasteiger partial charge in [-0.15, -0.1) is 0 Å². The topological polar surface area (TPSA) is 43.4 Å². The average molecular weight is 543 g/mol. The minimum Gasteiger partial charge on any atom is -0.465 e. The fraction of sp³-hybridized carbons (Fsp3) is 0.649. The van der Waals surface area contributed by atoms with Crippen LogP contribution >= 0.6 is 0 Å². The molecule has 4 aliphatic carbocycles. The number of hydrogen-bond acceptors (Lipinski definition) is 3. The molecule has 3 nitrogen and oxygen atoms in total. The lowest BCUT2D eigenvalue weighted by atomic mass is 9.43. The van der Waals surface area contributed by atoms with Gasteiger partial charge in [0.25, 0.3) is 0 Å². The van der Waals surface area contributed by atoms with Crippen molar-refractivity contribution < 1.29 is 13.6 Å². The van der Waals surface area contributed by atoms with Gasteiger partial charge < -0.3 is 8.83 Å². The van der Waals surface area contributed by atoms with Crippen molar-refractivity contribution in [3.05, 3.63) is 59.5 Å². The van der Waals surface area contributed by atoms with E-state index in [9.17, 15) is 4.79 Å². The maximum Gasteiger partial charge on any atom is 0.185 e. The zero-order chi connectivity index (χ0) is 28.1. The normalized spacial score (nSPS) is 38.5. The molecule has 2 aromatic rings. The Hall–Kier alpha value is -2.29. The highest BCUT2D eigenvalue weighted by molar-refractivity contribution is 6.14. The van der Waals surface area contributed by atoms with E-state index in [-0.39, 0.29) is 17.1 Å². The molecule has 4 fully saturated rings. The SMILES string of the molecule is CC(C)CCC[C@@H](C)[C@@H]1CC[C@@H]2[C@@H]3CC[C@H]4/C(=C/c5ccco5)C(=O)/C(=C\c5ccco5)C[C@]4(C)[C@@H]3CC[C@@]21C. The van der Waals surface area contributed by atoms with E-state index in [1.807, 2.05) is 30.3 Å². The second-order valence-electron chi connectivity index (χ2n) is 14.8. The third kappa shape index (κ3) is 4.80. The van der Waals surface area contributed by atoms with Crippen LogP contribution < -0.4 is 0 Å². The van der Waals surface area contributed by atoms with Gasteiger partial charge in [-0.25, -0.2) is 0 Å². The first-order chi connectivity index (χ1) is 19.2. The third-order valence-corrected chi connectivity index (χ3v) is 12.3. The highest BCUT2D eigenvalue weighted by Crippen LogP contribution is 2.69. The Bertz CT molecular complexity index is 1230. The molecule has 0 saturated heterocycles. The first-order valence-electron chi connectivity index (χ1n) is 16.2. The predicted octanol–water partition coefficient (Wildman–Crippen LogP) is 10.2. The van der Waals surface area contributed by atoms with Gasteiger partial charge in [-0.2, -0.15) is 0 Å². The fourth-order valence-electron chi connectivity index (χ4n) is 10.4. The Balaban J connectivity index is 1.30.